The summed E-state index contributed by atoms with van der Waals surface area (Å²) in [5.41, 5.74) is 5.10. The summed E-state index contributed by atoms with van der Waals surface area (Å²) in [6, 6.07) is -0.108. The van der Waals surface area contributed by atoms with Crippen molar-refractivity contribution in [1.82, 2.24) is 9.03 Å². The van der Waals surface area contributed by atoms with Crippen LogP contribution in [0, 0.1) is 5.92 Å². The molecule has 118 valence electrons. The van der Waals surface area contributed by atoms with Crippen LogP contribution in [-0.4, -0.2) is 36.3 Å². The molecule has 7 heteroatoms. The zero-order valence-corrected chi connectivity index (χ0v) is 14.5. The van der Waals surface area contributed by atoms with E-state index in [1.165, 1.54) is 4.31 Å². The Morgan fingerprint density at radius 3 is 2.30 bits per heavy atom. The van der Waals surface area contributed by atoms with Crippen molar-refractivity contribution in [3.63, 3.8) is 0 Å². The van der Waals surface area contributed by atoms with E-state index in [0.29, 0.717) is 18.8 Å². The fraction of sp³-hybridized carbons (Fsp3) is 0.923. The van der Waals surface area contributed by atoms with E-state index in [4.69, 9.17) is 18.0 Å². The maximum Gasteiger partial charge on any atom is 0.280 e. The Balaban J connectivity index is 2.92. The molecule has 0 saturated heterocycles. The topological polar surface area (TPSA) is 75.4 Å². The molecule has 3 N–H and O–H groups in total. The van der Waals surface area contributed by atoms with Gasteiger partial charge >= 0.3 is 0 Å². The minimum Gasteiger partial charge on any atom is -0.392 e. The lowest BCUT2D eigenvalue weighted by atomic mass is 9.76. The van der Waals surface area contributed by atoms with Crippen LogP contribution in [0.25, 0.3) is 0 Å². The normalized spacial score (nSPS) is 28.0. The largest absolute Gasteiger partial charge is 0.392 e. The van der Waals surface area contributed by atoms with Crippen LogP contribution in [-0.2, 0) is 10.2 Å². The van der Waals surface area contributed by atoms with Crippen molar-refractivity contribution >= 4 is 27.4 Å². The summed E-state index contributed by atoms with van der Waals surface area (Å²) < 4.78 is 28.9. The lowest BCUT2D eigenvalue weighted by molar-refractivity contribution is 0.263. The Hall–Kier alpha value is -0.240. The monoisotopic (exact) mass is 321 g/mol. The first kappa shape index (κ1) is 17.8. The third kappa shape index (κ3) is 3.90. The summed E-state index contributed by atoms with van der Waals surface area (Å²) in [5.74, 6) is 0.643. The van der Waals surface area contributed by atoms with Crippen LogP contribution in [0.1, 0.15) is 52.9 Å². The number of thiocarbonyl (C=S) groups is 1. The summed E-state index contributed by atoms with van der Waals surface area (Å²) in [5, 5.41) is 0. The first-order chi connectivity index (χ1) is 9.14. The third-order valence-electron chi connectivity index (χ3n) is 4.44. The molecule has 0 spiro atoms. The molecule has 0 atom stereocenters. The van der Waals surface area contributed by atoms with Crippen LogP contribution in [0.2, 0.25) is 0 Å². The van der Waals surface area contributed by atoms with Gasteiger partial charge in [0.2, 0.25) is 0 Å². The minimum absolute atomic E-state index is 0.108. The van der Waals surface area contributed by atoms with E-state index in [1.807, 2.05) is 13.8 Å². The van der Waals surface area contributed by atoms with Gasteiger partial charge in [-0.25, -0.2) is 0 Å². The Labute approximate surface area is 128 Å². The van der Waals surface area contributed by atoms with E-state index in [1.54, 1.807) is 7.05 Å². The molecule has 20 heavy (non-hydrogen) atoms. The zero-order chi connectivity index (χ0) is 15.6. The molecule has 0 aromatic rings. The quantitative estimate of drug-likeness (QED) is 0.731. The highest BCUT2D eigenvalue weighted by Gasteiger charge is 2.42. The summed E-state index contributed by atoms with van der Waals surface area (Å²) in [7, 11) is -2.00. The number of rotatable bonds is 6. The van der Waals surface area contributed by atoms with Crippen molar-refractivity contribution in [2.45, 2.75) is 64.5 Å². The number of nitrogens with zero attached hydrogens (tertiary/aromatic N) is 1. The van der Waals surface area contributed by atoms with Gasteiger partial charge in [-0.1, -0.05) is 25.6 Å². The molecular weight excluding hydrogens is 294 g/mol. The summed E-state index contributed by atoms with van der Waals surface area (Å²) in [6.07, 6.45) is 4.41. The molecule has 0 radical (unpaired) electrons. The van der Waals surface area contributed by atoms with E-state index in [9.17, 15) is 8.42 Å². The van der Waals surface area contributed by atoms with Crippen LogP contribution in [0.5, 0.6) is 0 Å². The van der Waals surface area contributed by atoms with Crippen molar-refractivity contribution in [3.05, 3.63) is 0 Å². The van der Waals surface area contributed by atoms with E-state index >= 15 is 0 Å². The Kier molecular flexibility index (Phi) is 5.95. The number of hydrogen-bond acceptors (Lipinski definition) is 3. The van der Waals surface area contributed by atoms with Crippen LogP contribution in [0.15, 0.2) is 0 Å². The van der Waals surface area contributed by atoms with E-state index in [-0.39, 0.29) is 11.0 Å². The second-order valence-corrected chi connectivity index (χ2v) is 8.19. The molecule has 1 saturated carbocycles. The molecular formula is C13H27N3O2S2. The van der Waals surface area contributed by atoms with Gasteiger partial charge in [0.15, 0.2) is 0 Å². The van der Waals surface area contributed by atoms with Crippen molar-refractivity contribution in [3.8, 4) is 0 Å². The lowest BCUT2D eigenvalue weighted by Gasteiger charge is -2.40. The van der Waals surface area contributed by atoms with Gasteiger partial charge in [0.25, 0.3) is 10.2 Å². The highest BCUT2D eigenvalue weighted by molar-refractivity contribution is 7.87. The van der Waals surface area contributed by atoms with Gasteiger partial charge in [-0.2, -0.15) is 17.4 Å². The molecule has 0 bridgehead atoms. The molecule has 0 amide bonds. The average molecular weight is 322 g/mol. The summed E-state index contributed by atoms with van der Waals surface area (Å²) >= 11 is 5.16. The fourth-order valence-corrected chi connectivity index (χ4v) is 4.40. The van der Waals surface area contributed by atoms with Crippen molar-refractivity contribution in [1.29, 1.82) is 0 Å². The molecule has 0 heterocycles. The Bertz CT molecular complexity index is 441. The number of hydrogen-bond donors (Lipinski definition) is 2. The van der Waals surface area contributed by atoms with Crippen LogP contribution in [0.3, 0.4) is 0 Å². The average Bonchev–Trinajstić information content (AvgIpc) is 2.37. The molecule has 0 aromatic heterocycles. The zero-order valence-electron chi connectivity index (χ0n) is 12.8. The van der Waals surface area contributed by atoms with Crippen LogP contribution in [0.4, 0.5) is 0 Å². The molecule has 0 aromatic carbocycles. The lowest BCUT2D eigenvalue weighted by Crippen LogP contribution is -2.61. The van der Waals surface area contributed by atoms with E-state index in [2.05, 4.69) is 11.6 Å². The number of nitrogens with two attached hydrogens (primary N) is 1. The standard InChI is InChI=1S/C13H27N3O2S2/c1-5-11-6-8-13(9-7-11,12(14)19)15-20(17,18)16(4)10(2)3/h10-11,15H,5-9H2,1-4H3,(H2,14,19). The molecule has 1 aliphatic carbocycles. The number of nitrogens with one attached hydrogen (secondary N) is 1. The summed E-state index contributed by atoms with van der Waals surface area (Å²) in [4.78, 5) is 0.257. The first-order valence-corrected chi connectivity index (χ1v) is 9.06. The molecule has 0 aliphatic heterocycles. The maximum absolute atomic E-state index is 12.4. The highest BCUT2D eigenvalue weighted by atomic mass is 32.2. The minimum atomic E-state index is -3.57. The molecule has 1 aliphatic rings. The van der Waals surface area contributed by atoms with Crippen molar-refractivity contribution in [2.75, 3.05) is 7.05 Å². The first-order valence-electron chi connectivity index (χ1n) is 7.21. The van der Waals surface area contributed by atoms with Gasteiger partial charge in [-0.15, -0.1) is 0 Å². The van der Waals surface area contributed by atoms with Crippen molar-refractivity contribution in [2.24, 2.45) is 11.7 Å². The molecule has 5 nitrogen and oxygen atoms in total. The van der Waals surface area contributed by atoms with Gasteiger partial charge in [0.05, 0.1) is 10.5 Å². The smallest absolute Gasteiger partial charge is 0.280 e. The summed E-state index contributed by atoms with van der Waals surface area (Å²) in [6.45, 7) is 5.83. The van der Waals surface area contributed by atoms with Crippen molar-refractivity contribution < 1.29 is 8.42 Å². The molecule has 0 unspecified atom stereocenters. The predicted octanol–water partition coefficient (Wildman–Crippen LogP) is 1.79. The van der Waals surface area contributed by atoms with E-state index in [0.717, 1.165) is 19.3 Å². The van der Waals surface area contributed by atoms with Crippen LogP contribution >= 0.6 is 12.2 Å². The van der Waals surface area contributed by atoms with Gasteiger partial charge in [0.1, 0.15) is 0 Å². The SMILES string of the molecule is CCC1CCC(NS(=O)(=O)N(C)C(C)C)(C(N)=S)CC1. The van der Waals surface area contributed by atoms with Gasteiger partial charge < -0.3 is 5.73 Å². The molecule has 1 rings (SSSR count). The Morgan fingerprint density at radius 1 is 1.45 bits per heavy atom. The fourth-order valence-electron chi connectivity index (χ4n) is 2.57. The Morgan fingerprint density at radius 2 is 1.95 bits per heavy atom. The second kappa shape index (κ2) is 6.68. The molecule has 1 fully saturated rings. The predicted molar refractivity (Wildman–Crippen MR) is 86.7 cm³/mol. The van der Waals surface area contributed by atoms with E-state index < -0.39 is 15.7 Å². The third-order valence-corrected chi connectivity index (χ3v) is 6.66. The second-order valence-electron chi connectivity index (χ2n) is 6.02. The van der Waals surface area contributed by atoms with Gasteiger partial charge in [0, 0.05) is 13.1 Å². The van der Waals surface area contributed by atoms with Gasteiger partial charge in [-0.3, -0.25) is 0 Å². The van der Waals surface area contributed by atoms with Crippen LogP contribution < -0.4 is 10.5 Å². The highest BCUT2D eigenvalue weighted by Crippen LogP contribution is 2.34. The van der Waals surface area contributed by atoms with Gasteiger partial charge in [-0.05, 0) is 45.4 Å². The maximum atomic E-state index is 12.4.